The Bertz CT molecular complexity index is 524. The van der Waals surface area contributed by atoms with Crippen molar-refractivity contribution in [1.82, 2.24) is 0 Å². The van der Waals surface area contributed by atoms with Gasteiger partial charge in [-0.1, -0.05) is 46.3 Å². The predicted molar refractivity (Wildman–Crippen MR) is 86.6 cm³/mol. The van der Waals surface area contributed by atoms with Crippen LogP contribution < -0.4 is 0 Å². The lowest BCUT2D eigenvalue weighted by atomic mass is 9.74. The van der Waals surface area contributed by atoms with Crippen molar-refractivity contribution in [1.29, 1.82) is 0 Å². The lowest BCUT2D eigenvalue weighted by Gasteiger charge is -2.43. The van der Waals surface area contributed by atoms with Crippen molar-refractivity contribution in [2.24, 2.45) is 10.8 Å². The summed E-state index contributed by atoms with van der Waals surface area (Å²) >= 11 is 0. The van der Waals surface area contributed by atoms with E-state index in [1.54, 1.807) is 6.92 Å². The Kier molecular flexibility index (Phi) is 6.05. The van der Waals surface area contributed by atoms with Crippen LogP contribution >= 0.6 is 0 Å². The fraction of sp³-hybridized carbons (Fsp3) is 0.875. The molecule has 0 aromatic rings. The number of halogens is 2. The summed E-state index contributed by atoms with van der Waals surface area (Å²) in [5.41, 5.74) is -0.847. The second-order valence-corrected chi connectivity index (χ2v) is 10.4. The van der Waals surface area contributed by atoms with Gasteiger partial charge >= 0.3 is 0 Å². The predicted octanol–water partition coefficient (Wildman–Crippen LogP) is 4.79. The third-order valence-corrected chi connectivity index (χ3v) is 5.80. The Morgan fingerprint density at radius 2 is 1.45 bits per heavy atom. The Balaban J connectivity index is 5.74. The Labute approximate surface area is 134 Å². The number of rotatable bonds is 6. The molecular weight excluding hydrogens is 310 g/mol. The SMILES string of the molecule is COS(=O)(=O)C(C)(C)C(F)(F)C(C)(C)C/C(C)=C\C(C)(C)C. The van der Waals surface area contributed by atoms with Gasteiger partial charge in [0.05, 0.1) is 7.11 Å². The van der Waals surface area contributed by atoms with Crippen LogP contribution in [0, 0.1) is 10.8 Å². The highest BCUT2D eigenvalue weighted by molar-refractivity contribution is 7.88. The molecule has 0 heterocycles. The van der Waals surface area contributed by atoms with Gasteiger partial charge in [0, 0.05) is 5.41 Å². The van der Waals surface area contributed by atoms with Gasteiger partial charge in [0.15, 0.2) is 4.75 Å². The molecule has 3 nitrogen and oxygen atoms in total. The highest BCUT2D eigenvalue weighted by atomic mass is 32.2. The average Bonchev–Trinajstić information content (AvgIpc) is 2.24. The van der Waals surface area contributed by atoms with Crippen LogP contribution in [0.3, 0.4) is 0 Å². The molecule has 132 valence electrons. The summed E-state index contributed by atoms with van der Waals surface area (Å²) in [5, 5.41) is 0. The summed E-state index contributed by atoms with van der Waals surface area (Å²) in [6.07, 6.45) is 2.03. The van der Waals surface area contributed by atoms with Gasteiger partial charge in [0.25, 0.3) is 16.0 Å². The summed E-state index contributed by atoms with van der Waals surface area (Å²) in [4.78, 5) is 0. The molecule has 0 aliphatic heterocycles. The molecule has 0 aliphatic carbocycles. The highest BCUT2D eigenvalue weighted by Crippen LogP contribution is 2.51. The monoisotopic (exact) mass is 340 g/mol. The number of alkyl halides is 2. The van der Waals surface area contributed by atoms with E-state index >= 15 is 0 Å². The van der Waals surface area contributed by atoms with E-state index in [-0.39, 0.29) is 11.8 Å². The standard InChI is InChI=1S/C16H30F2O3S/c1-12(10-13(2,3)4)11-14(5,6)16(17,18)15(7,8)22(19,20)21-9/h10H,11H2,1-9H3/b12-10-. The van der Waals surface area contributed by atoms with Crippen molar-refractivity contribution in [2.45, 2.75) is 72.5 Å². The maximum absolute atomic E-state index is 15.0. The summed E-state index contributed by atoms with van der Waals surface area (Å²) in [7, 11) is -3.47. The quantitative estimate of drug-likeness (QED) is 0.516. The minimum atomic E-state index is -4.38. The van der Waals surface area contributed by atoms with Crippen molar-refractivity contribution < 1.29 is 21.4 Å². The maximum atomic E-state index is 15.0. The number of hydrogen-bond donors (Lipinski definition) is 0. The van der Waals surface area contributed by atoms with Gasteiger partial charge in [0.2, 0.25) is 0 Å². The van der Waals surface area contributed by atoms with E-state index in [4.69, 9.17) is 0 Å². The van der Waals surface area contributed by atoms with Crippen molar-refractivity contribution in [3.8, 4) is 0 Å². The normalized spacial score (nSPS) is 16.0. The van der Waals surface area contributed by atoms with Gasteiger partial charge in [-0.2, -0.15) is 8.42 Å². The first-order valence-corrected chi connectivity index (χ1v) is 8.68. The van der Waals surface area contributed by atoms with Crippen molar-refractivity contribution in [3.05, 3.63) is 11.6 Å². The molecule has 0 amide bonds. The molecule has 0 rings (SSSR count). The largest absolute Gasteiger partial charge is 0.278 e. The van der Waals surface area contributed by atoms with Crippen LogP contribution in [-0.4, -0.2) is 26.2 Å². The van der Waals surface area contributed by atoms with Crippen LogP contribution in [0.25, 0.3) is 0 Å². The first-order chi connectivity index (χ1) is 9.41. The lowest BCUT2D eigenvalue weighted by molar-refractivity contribution is -0.131. The first-order valence-electron chi connectivity index (χ1n) is 7.27. The van der Waals surface area contributed by atoms with E-state index < -0.39 is 26.2 Å². The molecule has 0 saturated carbocycles. The molecule has 0 fully saturated rings. The van der Waals surface area contributed by atoms with Crippen molar-refractivity contribution in [2.75, 3.05) is 7.11 Å². The summed E-state index contributed by atoms with van der Waals surface area (Å²) < 4.78 is 55.8. The van der Waals surface area contributed by atoms with Crippen LogP contribution in [0.4, 0.5) is 8.78 Å². The summed E-state index contributed by atoms with van der Waals surface area (Å²) in [6, 6.07) is 0. The van der Waals surface area contributed by atoms with Crippen LogP contribution in [-0.2, 0) is 14.3 Å². The molecule has 0 atom stereocenters. The van der Waals surface area contributed by atoms with Gasteiger partial charge in [0.1, 0.15) is 0 Å². The molecule has 0 N–H and O–H groups in total. The van der Waals surface area contributed by atoms with E-state index in [1.807, 2.05) is 26.8 Å². The summed E-state index contributed by atoms with van der Waals surface area (Å²) in [5.74, 6) is -3.47. The van der Waals surface area contributed by atoms with Crippen LogP contribution in [0.15, 0.2) is 11.6 Å². The zero-order valence-corrected chi connectivity index (χ0v) is 16.0. The molecule has 0 aromatic heterocycles. The molecule has 22 heavy (non-hydrogen) atoms. The molecule has 0 bridgehead atoms. The van der Waals surface area contributed by atoms with E-state index in [9.17, 15) is 17.2 Å². The van der Waals surface area contributed by atoms with Crippen LogP contribution in [0.5, 0.6) is 0 Å². The second-order valence-electron chi connectivity index (χ2n) is 8.12. The van der Waals surface area contributed by atoms with Gasteiger partial charge in [-0.05, 0) is 32.6 Å². The van der Waals surface area contributed by atoms with Gasteiger partial charge < -0.3 is 0 Å². The third kappa shape index (κ3) is 4.28. The molecule has 0 unspecified atom stereocenters. The van der Waals surface area contributed by atoms with Crippen LogP contribution in [0.1, 0.15) is 61.8 Å². The fourth-order valence-corrected chi connectivity index (χ4v) is 3.79. The first kappa shape index (κ1) is 21.5. The average molecular weight is 340 g/mol. The van der Waals surface area contributed by atoms with Crippen molar-refractivity contribution in [3.63, 3.8) is 0 Å². The second kappa shape index (κ2) is 6.19. The Morgan fingerprint density at radius 3 is 1.77 bits per heavy atom. The molecule has 0 aromatic carbocycles. The molecule has 0 saturated heterocycles. The van der Waals surface area contributed by atoms with E-state index in [2.05, 4.69) is 4.18 Å². The van der Waals surface area contributed by atoms with Gasteiger partial charge in [-0.25, -0.2) is 8.78 Å². The van der Waals surface area contributed by atoms with E-state index in [0.29, 0.717) is 0 Å². The van der Waals surface area contributed by atoms with E-state index in [0.717, 1.165) is 26.5 Å². The Morgan fingerprint density at radius 1 is 1.05 bits per heavy atom. The number of hydrogen-bond acceptors (Lipinski definition) is 3. The fourth-order valence-electron chi connectivity index (χ4n) is 2.78. The molecule has 0 radical (unpaired) electrons. The van der Waals surface area contributed by atoms with Gasteiger partial charge in [-0.3, -0.25) is 4.18 Å². The maximum Gasteiger partial charge on any atom is 0.278 e. The topological polar surface area (TPSA) is 43.4 Å². The van der Waals surface area contributed by atoms with E-state index in [1.165, 1.54) is 13.8 Å². The molecular formula is C16H30F2O3S. The minimum absolute atomic E-state index is 0.0972. The molecule has 0 aliphatic rings. The number of allylic oxidation sites excluding steroid dienone is 2. The zero-order valence-electron chi connectivity index (χ0n) is 15.2. The summed E-state index contributed by atoms with van der Waals surface area (Å²) in [6.45, 7) is 12.6. The highest BCUT2D eigenvalue weighted by Gasteiger charge is 2.63. The minimum Gasteiger partial charge on any atom is -0.273 e. The van der Waals surface area contributed by atoms with Gasteiger partial charge in [-0.15, -0.1) is 0 Å². The zero-order chi connectivity index (χ0) is 18.2. The molecule has 0 spiro atoms. The smallest absolute Gasteiger partial charge is 0.273 e. The van der Waals surface area contributed by atoms with Crippen molar-refractivity contribution >= 4 is 10.1 Å². The Hall–Kier alpha value is -0.490. The third-order valence-electron chi connectivity index (χ3n) is 3.85. The molecule has 6 heteroatoms. The lowest BCUT2D eigenvalue weighted by Crippen LogP contribution is -2.57. The van der Waals surface area contributed by atoms with Crippen LogP contribution in [0.2, 0.25) is 0 Å².